The highest BCUT2D eigenvalue weighted by molar-refractivity contribution is 5.97. The van der Waals surface area contributed by atoms with E-state index in [9.17, 15) is 24.3 Å². The number of imidazole rings is 1. The zero-order valence-electron chi connectivity index (χ0n) is 21.4. The van der Waals surface area contributed by atoms with Gasteiger partial charge in [-0.15, -0.1) is 0 Å². The first kappa shape index (κ1) is 27.2. The molecule has 1 aromatic carbocycles. The molecule has 2 aromatic heterocycles. The minimum Gasteiger partial charge on any atom is -0.481 e. The third-order valence-electron chi connectivity index (χ3n) is 6.10. The molecule has 13 nitrogen and oxygen atoms in total. The lowest BCUT2D eigenvalue weighted by Crippen LogP contribution is -2.56. The molecule has 1 unspecified atom stereocenters. The molecule has 4 rings (SSSR count). The summed E-state index contributed by atoms with van der Waals surface area (Å²) < 4.78 is 5.01. The number of hydrogen-bond acceptors (Lipinski definition) is 8. The van der Waals surface area contributed by atoms with E-state index in [1.54, 1.807) is 31.5 Å². The molecule has 1 aliphatic rings. The Hall–Kier alpha value is -4.81. The monoisotopic (exact) mass is 535 g/mol. The lowest BCUT2D eigenvalue weighted by atomic mass is 10.1. The van der Waals surface area contributed by atoms with Gasteiger partial charge in [-0.25, -0.2) is 19.7 Å². The predicted molar refractivity (Wildman–Crippen MR) is 138 cm³/mol. The fourth-order valence-electron chi connectivity index (χ4n) is 4.11. The Morgan fingerprint density at radius 3 is 2.44 bits per heavy atom. The second-order valence-electron chi connectivity index (χ2n) is 8.74. The van der Waals surface area contributed by atoms with Gasteiger partial charge in [0.1, 0.15) is 17.4 Å². The van der Waals surface area contributed by atoms with Gasteiger partial charge in [-0.2, -0.15) is 0 Å². The van der Waals surface area contributed by atoms with E-state index in [0.717, 1.165) is 0 Å². The number of nitrogens with one attached hydrogen (secondary N) is 2. The molecule has 0 saturated carbocycles. The van der Waals surface area contributed by atoms with Crippen molar-refractivity contribution in [2.45, 2.75) is 25.8 Å². The molecular formula is C26H29N7O6. The van der Waals surface area contributed by atoms with Gasteiger partial charge >= 0.3 is 12.1 Å². The molecule has 1 saturated heterocycles. The number of aliphatic carboxylic acids is 1. The van der Waals surface area contributed by atoms with Crippen molar-refractivity contribution in [3.05, 3.63) is 54.5 Å². The zero-order chi connectivity index (χ0) is 27.8. The second kappa shape index (κ2) is 12.6. The number of rotatable bonds is 9. The molecule has 13 heteroatoms. The van der Waals surface area contributed by atoms with Crippen molar-refractivity contribution in [2.24, 2.45) is 0 Å². The summed E-state index contributed by atoms with van der Waals surface area (Å²) in [4.78, 5) is 69.1. The van der Waals surface area contributed by atoms with Crippen molar-refractivity contribution >= 4 is 23.9 Å². The number of nitrogens with zero attached hydrogens (tertiary/aromatic N) is 5. The zero-order valence-corrected chi connectivity index (χ0v) is 21.4. The van der Waals surface area contributed by atoms with Crippen LogP contribution in [0, 0.1) is 0 Å². The minimum absolute atomic E-state index is 0.00416. The molecule has 3 N–H and O–H groups in total. The van der Waals surface area contributed by atoms with E-state index in [2.05, 4.69) is 25.3 Å². The van der Waals surface area contributed by atoms with Crippen LogP contribution in [-0.2, 0) is 14.3 Å². The summed E-state index contributed by atoms with van der Waals surface area (Å²) in [5.74, 6) is -1.46. The molecule has 0 radical (unpaired) electrons. The van der Waals surface area contributed by atoms with Gasteiger partial charge in [0.15, 0.2) is 11.6 Å². The van der Waals surface area contributed by atoms with Crippen molar-refractivity contribution in [1.82, 2.24) is 35.1 Å². The molecule has 1 atom stereocenters. The molecule has 3 aromatic rings. The van der Waals surface area contributed by atoms with Crippen LogP contribution in [0.2, 0.25) is 0 Å². The van der Waals surface area contributed by atoms with Crippen molar-refractivity contribution in [1.29, 1.82) is 0 Å². The highest BCUT2D eigenvalue weighted by Gasteiger charge is 2.31. The number of amides is 3. The minimum atomic E-state index is -1.11. The summed E-state index contributed by atoms with van der Waals surface area (Å²) in [7, 11) is 0. The van der Waals surface area contributed by atoms with E-state index in [1.807, 2.05) is 18.2 Å². The lowest BCUT2D eigenvalue weighted by molar-refractivity contribution is -0.138. The fourth-order valence-corrected chi connectivity index (χ4v) is 4.11. The van der Waals surface area contributed by atoms with Gasteiger partial charge < -0.3 is 29.9 Å². The molecule has 3 heterocycles. The van der Waals surface area contributed by atoms with E-state index < -0.39 is 29.9 Å². The number of aromatic amines is 1. The molecule has 204 valence electrons. The Morgan fingerprint density at radius 2 is 1.79 bits per heavy atom. The first-order valence-electron chi connectivity index (χ1n) is 12.5. The largest absolute Gasteiger partial charge is 0.481 e. The number of aromatic nitrogens is 4. The quantitative estimate of drug-likeness (QED) is 0.369. The Morgan fingerprint density at radius 1 is 1.08 bits per heavy atom. The third kappa shape index (κ3) is 6.94. The topological polar surface area (TPSA) is 171 Å². The Bertz CT molecular complexity index is 1310. The van der Waals surface area contributed by atoms with Crippen LogP contribution >= 0.6 is 0 Å². The van der Waals surface area contributed by atoms with Crippen LogP contribution in [0.5, 0.6) is 0 Å². The van der Waals surface area contributed by atoms with Gasteiger partial charge in [-0.05, 0) is 19.4 Å². The van der Waals surface area contributed by atoms with Gasteiger partial charge in [0.2, 0.25) is 5.91 Å². The van der Waals surface area contributed by atoms with Crippen LogP contribution in [0.3, 0.4) is 0 Å². The van der Waals surface area contributed by atoms with Crippen LogP contribution in [0.1, 0.15) is 30.3 Å². The maximum absolute atomic E-state index is 13.4. The van der Waals surface area contributed by atoms with Gasteiger partial charge in [-0.3, -0.25) is 14.4 Å². The van der Waals surface area contributed by atoms with Crippen LogP contribution in [-0.4, -0.2) is 97.5 Å². The number of carbonyl (C=O) groups excluding carboxylic acids is 3. The summed E-state index contributed by atoms with van der Waals surface area (Å²) in [6.07, 6.45) is 2.30. The number of hydrogen-bond donors (Lipinski definition) is 3. The highest BCUT2D eigenvalue weighted by Crippen LogP contribution is 2.20. The van der Waals surface area contributed by atoms with Gasteiger partial charge in [0.25, 0.3) is 5.91 Å². The van der Waals surface area contributed by atoms with Crippen molar-refractivity contribution in [2.75, 3.05) is 32.8 Å². The van der Waals surface area contributed by atoms with E-state index >= 15 is 0 Å². The van der Waals surface area contributed by atoms with Crippen molar-refractivity contribution in [3.8, 4) is 22.9 Å². The summed E-state index contributed by atoms with van der Waals surface area (Å²) in [6, 6.07) is 9.44. The first-order chi connectivity index (χ1) is 18.9. The number of ether oxygens (including phenoxy) is 1. The third-order valence-corrected chi connectivity index (χ3v) is 6.10. The number of benzene rings is 1. The molecule has 0 bridgehead atoms. The Kier molecular flexibility index (Phi) is 8.82. The average molecular weight is 536 g/mol. The standard InChI is InChI=1S/C26H29N7O6/c1-2-39-26(38)33-14-12-32(13-15-33)25(37)18(8-9-21(34)35)31-24(36)20-16-19(23-27-10-11-28-23)29-22(30-20)17-6-4-3-5-7-17/h3-7,10-11,16,18H,2,8-9,12-15H2,1H3,(H,27,28)(H,31,36)(H,34,35). The second-order valence-corrected chi connectivity index (χ2v) is 8.74. The molecule has 0 spiro atoms. The maximum Gasteiger partial charge on any atom is 0.409 e. The molecule has 39 heavy (non-hydrogen) atoms. The summed E-state index contributed by atoms with van der Waals surface area (Å²) in [5.41, 5.74) is 1.05. The summed E-state index contributed by atoms with van der Waals surface area (Å²) in [5, 5.41) is 11.9. The first-order valence-corrected chi connectivity index (χ1v) is 12.5. The molecular weight excluding hydrogens is 506 g/mol. The van der Waals surface area contributed by atoms with Crippen LogP contribution in [0.15, 0.2) is 48.8 Å². The average Bonchev–Trinajstić information content (AvgIpc) is 3.50. The summed E-state index contributed by atoms with van der Waals surface area (Å²) in [6.45, 7) is 2.95. The van der Waals surface area contributed by atoms with Gasteiger partial charge in [-0.1, -0.05) is 30.3 Å². The Labute approximate surface area is 224 Å². The number of carboxylic acids is 1. The van der Waals surface area contributed by atoms with Crippen LogP contribution in [0.25, 0.3) is 22.9 Å². The normalized spacial score (nSPS) is 14.0. The Balaban J connectivity index is 1.55. The smallest absolute Gasteiger partial charge is 0.409 e. The lowest BCUT2D eigenvalue weighted by Gasteiger charge is -2.35. The fraction of sp³-hybridized carbons (Fsp3) is 0.346. The molecule has 0 aliphatic carbocycles. The van der Waals surface area contributed by atoms with Crippen molar-refractivity contribution < 1.29 is 29.0 Å². The number of carbonyl (C=O) groups is 4. The molecule has 1 aliphatic heterocycles. The number of carboxylic acid groups (broad SMARTS) is 1. The predicted octanol–water partition coefficient (Wildman–Crippen LogP) is 1.80. The SMILES string of the molecule is CCOC(=O)N1CCN(C(=O)C(CCC(=O)O)NC(=O)c2cc(-c3ncc[nH]3)nc(-c3ccccc3)n2)CC1. The highest BCUT2D eigenvalue weighted by atomic mass is 16.6. The number of H-pyrrole nitrogens is 1. The van der Waals surface area contributed by atoms with E-state index in [-0.39, 0.29) is 57.1 Å². The van der Waals surface area contributed by atoms with Crippen LogP contribution in [0.4, 0.5) is 4.79 Å². The van der Waals surface area contributed by atoms with E-state index in [4.69, 9.17) is 4.74 Å². The van der Waals surface area contributed by atoms with E-state index in [1.165, 1.54) is 15.9 Å². The summed E-state index contributed by atoms with van der Waals surface area (Å²) >= 11 is 0. The number of piperazine rings is 1. The van der Waals surface area contributed by atoms with Crippen molar-refractivity contribution in [3.63, 3.8) is 0 Å². The molecule has 1 fully saturated rings. The maximum atomic E-state index is 13.4. The molecule has 3 amide bonds. The van der Waals surface area contributed by atoms with Crippen LogP contribution < -0.4 is 5.32 Å². The van der Waals surface area contributed by atoms with Gasteiger partial charge in [0, 0.05) is 50.6 Å². The van der Waals surface area contributed by atoms with Gasteiger partial charge in [0.05, 0.1) is 6.61 Å². The van der Waals surface area contributed by atoms with E-state index in [0.29, 0.717) is 17.1 Å².